The summed E-state index contributed by atoms with van der Waals surface area (Å²) in [6.45, 7) is 0.264. The number of methoxy groups -OCH3 is 1. The molecule has 11 heteroatoms. The summed E-state index contributed by atoms with van der Waals surface area (Å²) in [5.74, 6) is -4.94. The van der Waals surface area contributed by atoms with Gasteiger partial charge in [-0.1, -0.05) is 35.9 Å². The molecule has 0 bridgehead atoms. The van der Waals surface area contributed by atoms with Crippen LogP contribution in [0.15, 0.2) is 48.5 Å². The third-order valence-electron chi connectivity index (χ3n) is 6.18. The Hall–Kier alpha value is -3.27. The summed E-state index contributed by atoms with van der Waals surface area (Å²) in [5.41, 5.74) is 0.269. The van der Waals surface area contributed by atoms with Crippen molar-refractivity contribution in [3.63, 3.8) is 0 Å². The van der Waals surface area contributed by atoms with Gasteiger partial charge in [-0.15, -0.1) is 0 Å². The van der Waals surface area contributed by atoms with E-state index in [2.05, 4.69) is 5.32 Å². The Labute approximate surface area is 204 Å². The number of nitrogens with one attached hydrogen (secondary N) is 1. The van der Waals surface area contributed by atoms with E-state index in [1.807, 2.05) is 0 Å². The Bertz CT molecular complexity index is 1140. The van der Waals surface area contributed by atoms with Gasteiger partial charge in [0.25, 0.3) is 11.8 Å². The third-order valence-corrected chi connectivity index (χ3v) is 6.52. The summed E-state index contributed by atoms with van der Waals surface area (Å²) in [7, 11) is 1.18. The number of alkyl halides is 2. The van der Waals surface area contributed by atoms with Gasteiger partial charge in [-0.2, -0.15) is 0 Å². The summed E-state index contributed by atoms with van der Waals surface area (Å²) < 4.78 is 45.8. The van der Waals surface area contributed by atoms with Crippen LogP contribution in [0.2, 0.25) is 5.02 Å². The van der Waals surface area contributed by atoms with Gasteiger partial charge in [0, 0.05) is 41.7 Å². The van der Waals surface area contributed by atoms with Crippen LogP contribution in [0.4, 0.5) is 23.7 Å². The molecular weight excluding hydrogens is 487 g/mol. The second-order valence-corrected chi connectivity index (χ2v) is 8.96. The summed E-state index contributed by atoms with van der Waals surface area (Å²) in [4.78, 5) is 41.7. The number of hydrogen-bond acceptors (Lipinski definition) is 4. The molecule has 1 saturated carbocycles. The van der Waals surface area contributed by atoms with E-state index in [0.29, 0.717) is 6.42 Å². The summed E-state index contributed by atoms with van der Waals surface area (Å²) in [5, 5.41) is 2.72. The van der Waals surface area contributed by atoms with Gasteiger partial charge in [0.05, 0.1) is 7.11 Å². The van der Waals surface area contributed by atoms with Gasteiger partial charge >= 0.3 is 6.09 Å². The van der Waals surface area contributed by atoms with Gasteiger partial charge < -0.3 is 10.1 Å². The van der Waals surface area contributed by atoms with Crippen molar-refractivity contribution in [2.75, 3.05) is 18.6 Å². The standard InChI is InChI=1S/C24H23ClF3N3O4/c1-35-23(34)30-10-9-19(30)22(33)31(16-6-4-5-14(26)11-16)20(17-7-2-3-8-18(17)25)21(32)29-15-12-24(27,28)13-15/h2-8,11,15,19-20H,9-10,12-13H2,1H3,(H,29,32)/t19-,20-/m0/s1. The monoisotopic (exact) mass is 509 g/mol. The lowest BCUT2D eigenvalue weighted by atomic mass is 9.87. The zero-order valence-corrected chi connectivity index (χ0v) is 19.5. The molecular formula is C24H23ClF3N3O4. The smallest absolute Gasteiger partial charge is 0.410 e. The number of carbonyl (C=O) groups excluding carboxylic acids is 3. The molecule has 4 rings (SSSR count). The molecule has 35 heavy (non-hydrogen) atoms. The highest BCUT2D eigenvalue weighted by molar-refractivity contribution is 6.31. The predicted molar refractivity (Wildman–Crippen MR) is 122 cm³/mol. The molecule has 1 N–H and O–H groups in total. The highest BCUT2D eigenvalue weighted by Gasteiger charge is 2.48. The molecule has 3 amide bonds. The maximum atomic E-state index is 14.2. The van der Waals surface area contributed by atoms with Gasteiger partial charge in [-0.3, -0.25) is 19.4 Å². The maximum absolute atomic E-state index is 14.2. The largest absolute Gasteiger partial charge is 0.453 e. The molecule has 2 fully saturated rings. The highest BCUT2D eigenvalue weighted by atomic mass is 35.5. The van der Waals surface area contributed by atoms with Crippen molar-refractivity contribution >= 4 is 35.2 Å². The summed E-state index contributed by atoms with van der Waals surface area (Å²) >= 11 is 6.39. The van der Waals surface area contributed by atoms with Crippen LogP contribution >= 0.6 is 11.6 Å². The molecule has 0 unspecified atom stereocenters. The normalized spacial score (nSPS) is 19.7. The van der Waals surface area contributed by atoms with Gasteiger partial charge in [0.1, 0.15) is 17.9 Å². The van der Waals surface area contributed by atoms with Crippen molar-refractivity contribution in [1.82, 2.24) is 10.2 Å². The molecule has 2 atom stereocenters. The minimum absolute atomic E-state index is 0.0470. The molecule has 186 valence electrons. The maximum Gasteiger partial charge on any atom is 0.410 e. The Kier molecular flexibility index (Phi) is 6.93. The first-order valence-electron chi connectivity index (χ1n) is 11.0. The van der Waals surface area contributed by atoms with E-state index in [9.17, 15) is 27.6 Å². The summed E-state index contributed by atoms with van der Waals surface area (Å²) in [6.07, 6.45) is -1.48. The summed E-state index contributed by atoms with van der Waals surface area (Å²) in [6, 6.07) is 8.20. The van der Waals surface area contributed by atoms with Crippen LogP contribution in [-0.2, 0) is 14.3 Å². The molecule has 2 aromatic rings. The van der Waals surface area contributed by atoms with E-state index < -0.39 is 60.6 Å². The minimum Gasteiger partial charge on any atom is -0.453 e. The molecule has 2 aliphatic rings. The molecule has 1 aliphatic carbocycles. The average Bonchev–Trinajstić information content (AvgIpc) is 2.75. The Morgan fingerprint density at radius 1 is 1.17 bits per heavy atom. The fourth-order valence-electron chi connectivity index (χ4n) is 4.31. The van der Waals surface area contributed by atoms with Crippen molar-refractivity contribution in [3.8, 4) is 0 Å². The zero-order chi connectivity index (χ0) is 25.3. The van der Waals surface area contributed by atoms with E-state index in [0.717, 1.165) is 11.0 Å². The van der Waals surface area contributed by atoms with E-state index in [4.69, 9.17) is 16.3 Å². The molecule has 1 heterocycles. The lowest BCUT2D eigenvalue weighted by molar-refractivity contribution is -0.135. The van der Waals surface area contributed by atoms with Gasteiger partial charge in [-0.25, -0.2) is 18.0 Å². The Balaban J connectivity index is 1.76. The van der Waals surface area contributed by atoms with E-state index in [-0.39, 0.29) is 22.8 Å². The second kappa shape index (κ2) is 9.77. The quantitative estimate of drug-likeness (QED) is 0.629. The van der Waals surface area contributed by atoms with Crippen LogP contribution in [-0.4, -0.2) is 54.5 Å². The van der Waals surface area contributed by atoms with Crippen LogP contribution in [0.1, 0.15) is 30.9 Å². The predicted octanol–water partition coefficient (Wildman–Crippen LogP) is 4.31. The SMILES string of the molecule is COC(=O)N1CC[C@H]1C(=O)N(c1cccc(F)c1)[C@H](C(=O)NC1CC(F)(F)C1)c1ccccc1Cl. The van der Waals surface area contributed by atoms with Crippen LogP contribution < -0.4 is 10.2 Å². The van der Waals surface area contributed by atoms with E-state index >= 15 is 0 Å². The second-order valence-electron chi connectivity index (χ2n) is 8.55. The first-order chi connectivity index (χ1) is 16.6. The van der Waals surface area contributed by atoms with Crippen LogP contribution in [0, 0.1) is 5.82 Å². The molecule has 1 aliphatic heterocycles. The van der Waals surface area contributed by atoms with Crippen molar-refractivity contribution in [1.29, 1.82) is 0 Å². The number of benzene rings is 2. The van der Waals surface area contributed by atoms with Crippen molar-refractivity contribution in [2.24, 2.45) is 0 Å². The number of halogens is 4. The Morgan fingerprint density at radius 3 is 2.46 bits per heavy atom. The molecule has 0 spiro atoms. The fraction of sp³-hybridized carbons (Fsp3) is 0.375. The average molecular weight is 510 g/mol. The van der Waals surface area contributed by atoms with Crippen LogP contribution in [0.25, 0.3) is 0 Å². The molecule has 7 nitrogen and oxygen atoms in total. The Morgan fingerprint density at radius 2 is 1.89 bits per heavy atom. The number of ether oxygens (including phenoxy) is 1. The zero-order valence-electron chi connectivity index (χ0n) is 18.7. The van der Waals surface area contributed by atoms with Crippen LogP contribution in [0.3, 0.4) is 0 Å². The number of nitrogens with zero attached hydrogens (tertiary/aromatic N) is 2. The topological polar surface area (TPSA) is 79.0 Å². The van der Waals surface area contributed by atoms with Gasteiger partial charge in [0.2, 0.25) is 5.91 Å². The van der Waals surface area contributed by atoms with E-state index in [1.165, 1.54) is 42.3 Å². The number of hydrogen-bond donors (Lipinski definition) is 1. The number of amides is 3. The van der Waals surface area contributed by atoms with Crippen LogP contribution in [0.5, 0.6) is 0 Å². The molecule has 2 aromatic carbocycles. The number of rotatable bonds is 6. The molecule has 0 aromatic heterocycles. The molecule has 0 radical (unpaired) electrons. The lowest BCUT2D eigenvalue weighted by Crippen LogP contribution is -2.61. The van der Waals surface area contributed by atoms with E-state index in [1.54, 1.807) is 12.1 Å². The highest BCUT2D eigenvalue weighted by Crippen LogP contribution is 2.39. The minimum atomic E-state index is -2.87. The molecule has 1 saturated heterocycles. The number of likely N-dealkylation sites (tertiary alicyclic amines) is 1. The third kappa shape index (κ3) is 5.07. The van der Waals surface area contributed by atoms with Crippen molar-refractivity contribution in [2.45, 2.75) is 43.3 Å². The van der Waals surface area contributed by atoms with Crippen molar-refractivity contribution in [3.05, 3.63) is 64.9 Å². The first kappa shape index (κ1) is 24.8. The number of anilines is 1. The van der Waals surface area contributed by atoms with Crippen molar-refractivity contribution < 1.29 is 32.3 Å². The number of carbonyl (C=O) groups is 3. The lowest BCUT2D eigenvalue weighted by Gasteiger charge is -2.43. The fourth-order valence-corrected chi connectivity index (χ4v) is 4.55. The first-order valence-corrected chi connectivity index (χ1v) is 11.3. The van der Waals surface area contributed by atoms with Gasteiger partial charge in [-0.05, 0) is 30.7 Å². The van der Waals surface area contributed by atoms with Gasteiger partial charge in [0.15, 0.2) is 0 Å².